The number of carbonyl (C=O) groups is 2. The Morgan fingerprint density at radius 2 is 2.26 bits per heavy atom. The van der Waals surface area contributed by atoms with E-state index in [4.69, 9.17) is 5.11 Å². The Bertz CT molecular complexity index is 697. The Morgan fingerprint density at radius 1 is 1.48 bits per heavy atom. The third kappa shape index (κ3) is 3.34. The second-order valence-corrected chi connectivity index (χ2v) is 7.00. The molecule has 1 unspecified atom stereocenters. The normalized spacial score (nSPS) is 19.2. The zero-order valence-corrected chi connectivity index (χ0v) is 13.7. The molecule has 1 amide bonds. The van der Waals surface area contributed by atoms with Gasteiger partial charge in [-0.2, -0.15) is 0 Å². The topological polar surface area (TPSA) is 86.3 Å². The first-order chi connectivity index (χ1) is 11.1. The molecule has 7 heteroatoms. The second kappa shape index (κ2) is 6.62. The highest BCUT2D eigenvalue weighted by Crippen LogP contribution is 2.29. The quantitative estimate of drug-likeness (QED) is 0.877. The predicted molar refractivity (Wildman–Crippen MR) is 89.3 cm³/mol. The van der Waals surface area contributed by atoms with Gasteiger partial charge in [-0.1, -0.05) is 12.1 Å². The number of nitrogens with one attached hydrogen (secondary N) is 1. The van der Waals surface area contributed by atoms with E-state index in [1.54, 1.807) is 0 Å². The number of amides is 1. The van der Waals surface area contributed by atoms with Crippen LogP contribution in [0, 0.1) is 0 Å². The minimum atomic E-state index is -0.911. The number of para-hydroxylation sites is 2. The van der Waals surface area contributed by atoms with Crippen molar-refractivity contribution in [3.05, 3.63) is 30.1 Å². The number of thioether (sulfide) groups is 1. The van der Waals surface area contributed by atoms with Crippen molar-refractivity contribution >= 4 is 34.7 Å². The number of carboxylic acid groups (broad SMARTS) is 1. The molecular formula is C16H19N3O3S. The Hall–Kier alpha value is -2.02. The molecule has 3 rings (SSSR count). The Balaban J connectivity index is 1.61. The minimum Gasteiger partial charge on any atom is -0.480 e. The molecule has 2 atom stereocenters. The highest BCUT2D eigenvalue weighted by molar-refractivity contribution is 8.00. The molecule has 1 aliphatic heterocycles. The highest BCUT2D eigenvalue weighted by atomic mass is 32.2. The number of H-pyrrole nitrogens is 1. The van der Waals surface area contributed by atoms with Crippen molar-refractivity contribution in [3.8, 4) is 0 Å². The SMILES string of the molecule is CC(SCC(=O)N1CCC[C@@H]1C(=O)O)c1nc2ccccc2[nH]1. The number of carbonyl (C=O) groups excluding carboxylic acids is 1. The van der Waals surface area contributed by atoms with E-state index < -0.39 is 12.0 Å². The lowest BCUT2D eigenvalue weighted by molar-refractivity contribution is -0.147. The van der Waals surface area contributed by atoms with Crippen molar-refractivity contribution in [2.45, 2.75) is 31.1 Å². The number of aromatic amines is 1. The fourth-order valence-electron chi connectivity index (χ4n) is 2.85. The van der Waals surface area contributed by atoms with Gasteiger partial charge in [0.2, 0.25) is 5.91 Å². The molecule has 0 saturated carbocycles. The molecule has 122 valence electrons. The summed E-state index contributed by atoms with van der Waals surface area (Å²) in [4.78, 5) is 32.7. The molecule has 23 heavy (non-hydrogen) atoms. The van der Waals surface area contributed by atoms with Gasteiger partial charge in [0.15, 0.2) is 0 Å². The maximum atomic E-state index is 12.3. The second-order valence-electron chi connectivity index (χ2n) is 5.68. The lowest BCUT2D eigenvalue weighted by Crippen LogP contribution is -2.41. The molecule has 6 nitrogen and oxygen atoms in total. The third-order valence-electron chi connectivity index (χ3n) is 4.11. The molecule has 2 heterocycles. The number of rotatable bonds is 5. The minimum absolute atomic E-state index is 0.0391. The van der Waals surface area contributed by atoms with Crippen molar-refractivity contribution < 1.29 is 14.7 Å². The molecule has 1 saturated heterocycles. The van der Waals surface area contributed by atoms with E-state index in [1.165, 1.54) is 16.7 Å². The number of benzene rings is 1. The van der Waals surface area contributed by atoms with Gasteiger partial charge in [-0.05, 0) is 31.9 Å². The summed E-state index contributed by atoms with van der Waals surface area (Å²) >= 11 is 1.48. The van der Waals surface area contributed by atoms with E-state index in [0.29, 0.717) is 13.0 Å². The summed E-state index contributed by atoms with van der Waals surface area (Å²) in [5.74, 6) is 0.0800. The van der Waals surface area contributed by atoms with Crippen LogP contribution in [-0.4, -0.2) is 50.2 Å². The zero-order valence-electron chi connectivity index (χ0n) is 12.9. The number of hydrogen-bond donors (Lipinski definition) is 2. The first kappa shape index (κ1) is 15.9. The summed E-state index contributed by atoms with van der Waals surface area (Å²) in [6.45, 7) is 2.53. The van der Waals surface area contributed by atoms with Gasteiger partial charge >= 0.3 is 5.97 Å². The average molecular weight is 333 g/mol. The van der Waals surface area contributed by atoms with E-state index in [0.717, 1.165) is 23.3 Å². The van der Waals surface area contributed by atoms with Gasteiger partial charge in [-0.15, -0.1) is 11.8 Å². The van der Waals surface area contributed by atoms with Crippen LogP contribution in [0.5, 0.6) is 0 Å². The smallest absolute Gasteiger partial charge is 0.326 e. The fraction of sp³-hybridized carbons (Fsp3) is 0.438. The van der Waals surface area contributed by atoms with Crippen molar-refractivity contribution in [2.75, 3.05) is 12.3 Å². The summed E-state index contributed by atoms with van der Waals surface area (Å²) < 4.78 is 0. The van der Waals surface area contributed by atoms with Crippen LogP contribution in [0.2, 0.25) is 0 Å². The Morgan fingerprint density at radius 3 is 3.00 bits per heavy atom. The molecule has 2 aromatic rings. The van der Waals surface area contributed by atoms with Crippen LogP contribution in [-0.2, 0) is 9.59 Å². The summed E-state index contributed by atoms with van der Waals surface area (Å²) in [5.41, 5.74) is 1.89. The number of carboxylic acids is 1. The van der Waals surface area contributed by atoms with Crippen LogP contribution in [0.1, 0.15) is 30.8 Å². The standard InChI is InChI=1S/C16H19N3O3S/c1-10(15-17-11-5-2-3-6-12(11)18-15)23-9-14(20)19-8-4-7-13(19)16(21)22/h2-3,5-6,10,13H,4,7-9H2,1H3,(H,17,18)(H,21,22)/t10?,13-/m1/s1. The molecule has 0 radical (unpaired) electrons. The maximum absolute atomic E-state index is 12.3. The fourth-order valence-corrected chi connectivity index (χ4v) is 3.67. The number of aliphatic carboxylic acids is 1. The van der Waals surface area contributed by atoms with Crippen LogP contribution in [0.25, 0.3) is 11.0 Å². The number of nitrogens with zero attached hydrogens (tertiary/aromatic N) is 2. The number of aromatic nitrogens is 2. The molecule has 1 fully saturated rings. The molecule has 1 aromatic heterocycles. The molecule has 1 aromatic carbocycles. The summed E-state index contributed by atoms with van der Waals surface area (Å²) in [5, 5.41) is 9.19. The number of hydrogen-bond acceptors (Lipinski definition) is 4. The van der Waals surface area contributed by atoms with Gasteiger partial charge in [0.25, 0.3) is 0 Å². The van der Waals surface area contributed by atoms with Gasteiger partial charge < -0.3 is 15.0 Å². The lowest BCUT2D eigenvalue weighted by atomic mass is 10.2. The van der Waals surface area contributed by atoms with Crippen molar-refractivity contribution in [1.29, 1.82) is 0 Å². The van der Waals surface area contributed by atoms with E-state index in [9.17, 15) is 9.59 Å². The van der Waals surface area contributed by atoms with E-state index in [2.05, 4.69) is 9.97 Å². The van der Waals surface area contributed by atoms with Crippen molar-refractivity contribution in [2.24, 2.45) is 0 Å². The average Bonchev–Trinajstić information content (AvgIpc) is 3.18. The maximum Gasteiger partial charge on any atom is 0.326 e. The lowest BCUT2D eigenvalue weighted by Gasteiger charge is -2.21. The Kier molecular flexibility index (Phi) is 4.56. The molecule has 0 spiro atoms. The van der Waals surface area contributed by atoms with Crippen molar-refractivity contribution in [1.82, 2.24) is 14.9 Å². The molecule has 2 N–H and O–H groups in total. The van der Waals surface area contributed by atoms with Crippen LogP contribution in [0.3, 0.4) is 0 Å². The van der Waals surface area contributed by atoms with Crippen LogP contribution in [0.4, 0.5) is 0 Å². The van der Waals surface area contributed by atoms with E-state index in [1.807, 2.05) is 31.2 Å². The summed E-state index contributed by atoms with van der Waals surface area (Å²) in [7, 11) is 0. The third-order valence-corrected chi connectivity index (χ3v) is 5.24. The zero-order chi connectivity index (χ0) is 16.4. The van der Waals surface area contributed by atoms with Crippen molar-refractivity contribution in [3.63, 3.8) is 0 Å². The molecular weight excluding hydrogens is 314 g/mol. The number of imidazole rings is 1. The molecule has 1 aliphatic rings. The summed E-state index contributed by atoms with van der Waals surface area (Å²) in [6, 6.07) is 7.14. The van der Waals surface area contributed by atoms with Crippen LogP contribution >= 0.6 is 11.8 Å². The van der Waals surface area contributed by atoms with E-state index >= 15 is 0 Å². The first-order valence-electron chi connectivity index (χ1n) is 7.65. The molecule has 0 bridgehead atoms. The summed E-state index contributed by atoms with van der Waals surface area (Å²) in [6.07, 6.45) is 1.30. The van der Waals surface area contributed by atoms with Gasteiger partial charge in [0.1, 0.15) is 11.9 Å². The van der Waals surface area contributed by atoms with Crippen LogP contribution < -0.4 is 0 Å². The highest BCUT2D eigenvalue weighted by Gasteiger charge is 2.33. The van der Waals surface area contributed by atoms with Gasteiger partial charge in [-0.3, -0.25) is 4.79 Å². The Labute approximate surface area is 138 Å². The van der Waals surface area contributed by atoms with Crippen LogP contribution in [0.15, 0.2) is 24.3 Å². The van der Waals surface area contributed by atoms with Gasteiger partial charge in [0, 0.05) is 6.54 Å². The predicted octanol–water partition coefficient (Wildman–Crippen LogP) is 2.43. The monoisotopic (exact) mass is 333 g/mol. The number of fused-ring (bicyclic) bond motifs is 1. The first-order valence-corrected chi connectivity index (χ1v) is 8.69. The largest absolute Gasteiger partial charge is 0.480 e. The van der Waals surface area contributed by atoms with Gasteiger partial charge in [-0.25, -0.2) is 9.78 Å². The van der Waals surface area contributed by atoms with E-state index in [-0.39, 0.29) is 16.9 Å². The number of likely N-dealkylation sites (tertiary alicyclic amines) is 1. The molecule has 0 aliphatic carbocycles. The van der Waals surface area contributed by atoms with Gasteiger partial charge in [0.05, 0.1) is 22.0 Å².